The van der Waals surface area contributed by atoms with Gasteiger partial charge in [0.25, 0.3) is 0 Å². The summed E-state index contributed by atoms with van der Waals surface area (Å²) >= 11 is 0. The Kier molecular flexibility index (Phi) is 4.35. The first-order valence-corrected chi connectivity index (χ1v) is 7.83. The molecular formula is C19H22N2O2. The fourth-order valence-electron chi connectivity index (χ4n) is 3.07. The standard InChI is InChI=1S/C19H22N2O2/c1-13-9-17(23-2)8-7-14(13)10-18(20)19(22)21-11-15-5-3-4-6-16(15)12-21/h3-9,18H,10-12,20H2,1-2H3. The first kappa shape index (κ1) is 15.6. The number of fused-ring (bicyclic) bond motifs is 1. The number of hydrogen-bond acceptors (Lipinski definition) is 3. The number of hydrogen-bond donors (Lipinski definition) is 1. The molecule has 4 heteroatoms. The van der Waals surface area contributed by atoms with Gasteiger partial charge in [0.05, 0.1) is 13.2 Å². The van der Waals surface area contributed by atoms with Crippen molar-refractivity contribution in [2.45, 2.75) is 32.5 Å². The summed E-state index contributed by atoms with van der Waals surface area (Å²) in [4.78, 5) is 14.5. The molecule has 0 aromatic heterocycles. The van der Waals surface area contributed by atoms with Crippen molar-refractivity contribution in [3.8, 4) is 5.75 Å². The van der Waals surface area contributed by atoms with Crippen molar-refractivity contribution in [2.75, 3.05) is 7.11 Å². The highest BCUT2D eigenvalue weighted by Gasteiger charge is 2.27. The summed E-state index contributed by atoms with van der Waals surface area (Å²) in [5.41, 5.74) is 10.8. The van der Waals surface area contributed by atoms with Crippen LogP contribution in [0.15, 0.2) is 42.5 Å². The minimum Gasteiger partial charge on any atom is -0.497 e. The third-order valence-corrected chi connectivity index (χ3v) is 4.46. The van der Waals surface area contributed by atoms with Crippen molar-refractivity contribution >= 4 is 5.91 Å². The topological polar surface area (TPSA) is 55.6 Å². The Morgan fingerprint density at radius 2 is 1.87 bits per heavy atom. The molecule has 2 aromatic rings. The van der Waals surface area contributed by atoms with Gasteiger partial charge in [-0.25, -0.2) is 0 Å². The Balaban J connectivity index is 1.67. The smallest absolute Gasteiger partial charge is 0.240 e. The van der Waals surface area contributed by atoms with E-state index >= 15 is 0 Å². The van der Waals surface area contributed by atoms with Crippen molar-refractivity contribution in [1.82, 2.24) is 4.90 Å². The van der Waals surface area contributed by atoms with Gasteiger partial charge in [0.2, 0.25) is 5.91 Å². The lowest BCUT2D eigenvalue weighted by molar-refractivity contribution is -0.133. The Morgan fingerprint density at radius 1 is 1.22 bits per heavy atom. The van der Waals surface area contributed by atoms with Crippen molar-refractivity contribution < 1.29 is 9.53 Å². The lowest BCUT2D eigenvalue weighted by Crippen LogP contribution is -2.42. The molecule has 0 spiro atoms. The van der Waals surface area contributed by atoms with Gasteiger partial charge >= 0.3 is 0 Å². The number of ether oxygens (including phenoxy) is 1. The minimum atomic E-state index is -0.517. The molecule has 0 aliphatic carbocycles. The highest BCUT2D eigenvalue weighted by atomic mass is 16.5. The van der Waals surface area contributed by atoms with Crippen molar-refractivity contribution in [3.63, 3.8) is 0 Å². The van der Waals surface area contributed by atoms with E-state index in [1.807, 2.05) is 42.2 Å². The molecule has 2 aromatic carbocycles. The number of aryl methyl sites for hydroxylation is 1. The summed E-state index contributed by atoms with van der Waals surface area (Å²) in [5.74, 6) is 0.831. The monoisotopic (exact) mass is 310 g/mol. The van der Waals surface area contributed by atoms with E-state index < -0.39 is 6.04 Å². The molecule has 23 heavy (non-hydrogen) atoms. The average molecular weight is 310 g/mol. The number of benzene rings is 2. The highest BCUT2D eigenvalue weighted by molar-refractivity contribution is 5.82. The summed E-state index contributed by atoms with van der Waals surface area (Å²) in [6, 6.07) is 13.5. The second-order valence-corrected chi connectivity index (χ2v) is 6.07. The molecular weight excluding hydrogens is 288 g/mol. The van der Waals surface area contributed by atoms with Crippen LogP contribution in [0.5, 0.6) is 5.75 Å². The number of amides is 1. The average Bonchev–Trinajstić information content (AvgIpc) is 2.99. The van der Waals surface area contributed by atoms with Gasteiger partial charge in [0, 0.05) is 13.1 Å². The first-order valence-electron chi connectivity index (χ1n) is 7.83. The van der Waals surface area contributed by atoms with E-state index in [2.05, 4.69) is 12.1 Å². The van der Waals surface area contributed by atoms with Crippen LogP contribution in [0.1, 0.15) is 22.3 Å². The second kappa shape index (κ2) is 6.42. The van der Waals surface area contributed by atoms with Crippen molar-refractivity contribution in [3.05, 3.63) is 64.7 Å². The van der Waals surface area contributed by atoms with E-state index in [1.54, 1.807) is 7.11 Å². The van der Waals surface area contributed by atoms with Crippen LogP contribution in [0, 0.1) is 6.92 Å². The summed E-state index contributed by atoms with van der Waals surface area (Å²) < 4.78 is 5.21. The molecule has 1 unspecified atom stereocenters. The summed E-state index contributed by atoms with van der Waals surface area (Å²) in [7, 11) is 1.65. The van der Waals surface area contributed by atoms with Gasteiger partial charge in [-0.15, -0.1) is 0 Å². The number of carbonyl (C=O) groups excluding carboxylic acids is 1. The van der Waals surface area contributed by atoms with Crippen molar-refractivity contribution in [2.24, 2.45) is 5.73 Å². The molecule has 0 saturated carbocycles. The molecule has 0 bridgehead atoms. The van der Waals surface area contributed by atoms with Gasteiger partial charge < -0.3 is 15.4 Å². The Hall–Kier alpha value is -2.33. The molecule has 0 saturated heterocycles. The molecule has 1 heterocycles. The van der Waals surface area contributed by atoms with E-state index in [9.17, 15) is 4.79 Å². The van der Waals surface area contributed by atoms with Crippen LogP contribution in [0.25, 0.3) is 0 Å². The van der Waals surface area contributed by atoms with Crippen LogP contribution in [0.2, 0.25) is 0 Å². The number of carbonyl (C=O) groups is 1. The van der Waals surface area contributed by atoms with Crippen LogP contribution in [-0.2, 0) is 24.3 Å². The zero-order valence-corrected chi connectivity index (χ0v) is 13.6. The Bertz CT molecular complexity index is 702. The van der Waals surface area contributed by atoms with Crippen LogP contribution >= 0.6 is 0 Å². The van der Waals surface area contributed by atoms with Crippen LogP contribution in [0.4, 0.5) is 0 Å². The summed E-state index contributed by atoms with van der Waals surface area (Å²) in [6.45, 7) is 3.33. The van der Waals surface area contributed by atoms with Gasteiger partial charge in [0.1, 0.15) is 5.75 Å². The SMILES string of the molecule is COc1ccc(CC(N)C(=O)N2Cc3ccccc3C2)c(C)c1. The molecule has 0 fully saturated rings. The van der Waals surface area contributed by atoms with E-state index in [0.29, 0.717) is 19.5 Å². The summed E-state index contributed by atoms with van der Waals surface area (Å²) in [6.07, 6.45) is 0.543. The zero-order valence-electron chi connectivity index (χ0n) is 13.6. The summed E-state index contributed by atoms with van der Waals surface area (Å²) in [5, 5.41) is 0. The molecule has 2 N–H and O–H groups in total. The number of nitrogens with two attached hydrogens (primary N) is 1. The lowest BCUT2D eigenvalue weighted by atomic mass is 10.0. The van der Waals surface area contributed by atoms with Gasteiger partial charge in [-0.05, 0) is 47.7 Å². The Labute approximate surface area is 136 Å². The van der Waals surface area contributed by atoms with E-state index in [0.717, 1.165) is 16.9 Å². The predicted octanol–water partition coefficient (Wildman–Crippen LogP) is 2.42. The van der Waals surface area contributed by atoms with Crippen LogP contribution < -0.4 is 10.5 Å². The minimum absolute atomic E-state index is 0.0106. The molecule has 0 radical (unpaired) electrons. The number of rotatable bonds is 4. The fraction of sp³-hybridized carbons (Fsp3) is 0.316. The third-order valence-electron chi connectivity index (χ3n) is 4.46. The predicted molar refractivity (Wildman–Crippen MR) is 90.1 cm³/mol. The van der Waals surface area contributed by atoms with Crippen LogP contribution in [0.3, 0.4) is 0 Å². The molecule has 4 nitrogen and oxygen atoms in total. The van der Waals surface area contributed by atoms with Gasteiger partial charge in [-0.3, -0.25) is 4.79 Å². The third kappa shape index (κ3) is 3.22. The van der Waals surface area contributed by atoms with E-state index in [4.69, 9.17) is 10.5 Å². The lowest BCUT2D eigenvalue weighted by Gasteiger charge is -2.21. The van der Waals surface area contributed by atoms with E-state index in [-0.39, 0.29) is 5.91 Å². The molecule has 1 atom stereocenters. The fourth-order valence-corrected chi connectivity index (χ4v) is 3.07. The maximum Gasteiger partial charge on any atom is 0.240 e. The molecule has 3 rings (SSSR count). The normalized spacial score (nSPS) is 14.5. The van der Waals surface area contributed by atoms with E-state index in [1.165, 1.54) is 11.1 Å². The maximum atomic E-state index is 12.6. The molecule has 1 amide bonds. The molecule has 120 valence electrons. The molecule has 1 aliphatic rings. The molecule has 1 aliphatic heterocycles. The first-order chi connectivity index (χ1) is 11.1. The van der Waals surface area contributed by atoms with Crippen LogP contribution in [-0.4, -0.2) is 24.0 Å². The highest BCUT2D eigenvalue weighted by Crippen LogP contribution is 2.23. The Morgan fingerprint density at radius 3 is 2.43 bits per heavy atom. The number of nitrogens with zero attached hydrogens (tertiary/aromatic N) is 1. The largest absolute Gasteiger partial charge is 0.497 e. The quantitative estimate of drug-likeness (QED) is 0.943. The second-order valence-electron chi connectivity index (χ2n) is 6.07. The van der Waals surface area contributed by atoms with Gasteiger partial charge in [0.15, 0.2) is 0 Å². The number of methoxy groups -OCH3 is 1. The maximum absolute atomic E-state index is 12.6. The zero-order chi connectivity index (χ0) is 16.4. The van der Waals surface area contributed by atoms with Gasteiger partial charge in [-0.2, -0.15) is 0 Å². The van der Waals surface area contributed by atoms with Crippen molar-refractivity contribution in [1.29, 1.82) is 0 Å². The van der Waals surface area contributed by atoms with Gasteiger partial charge in [-0.1, -0.05) is 30.3 Å².